The van der Waals surface area contributed by atoms with E-state index in [2.05, 4.69) is 10.1 Å². The van der Waals surface area contributed by atoms with Gasteiger partial charge < -0.3 is 13.8 Å². The van der Waals surface area contributed by atoms with Gasteiger partial charge in [0.1, 0.15) is 17.2 Å². The summed E-state index contributed by atoms with van der Waals surface area (Å²) in [7, 11) is -3.59. The minimum absolute atomic E-state index is 0.0332. The number of fused-ring (bicyclic) bond motifs is 3. The summed E-state index contributed by atoms with van der Waals surface area (Å²) in [5.74, 6) is 0.373. The van der Waals surface area contributed by atoms with Crippen LogP contribution < -0.4 is 0 Å². The average molecular weight is 535 g/mol. The molecule has 0 N–H and O–H groups in total. The van der Waals surface area contributed by atoms with Crippen LogP contribution in [0.4, 0.5) is 4.39 Å². The highest BCUT2D eigenvalue weighted by molar-refractivity contribution is 7.90. The van der Waals surface area contributed by atoms with Crippen LogP contribution in [0.5, 0.6) is 0 Å². The molecule has 1 aromatic carbocycles. The zero-order valence-electron chi connectivity index (χ0n) is 21.3. The van der Waals surface area contributed by atoms with Gasteiger partial charge >= 0.3 is 0 Å². The van der Waals surface area contributed by atoms with Gasteiger partial charge in [0.2, 0.25) is 0 Å². The van der Waals surface area contributed by atoms with E-state index in [0.29, 0.717) is 41.1 Å². The summed E-state index contributed by atoms with van der Waals surface area (Å²) in [6, 6.07) is 11.5. The Hall–Kier alpha value is -3.63. The summed E-state index contributed by atoms with van der Waals surface area (Å²) in [4.78, 5) is 9.44. The van der Waals surface area contributed by atoms with Gasteiger partial charge in [-0.05, 0) is 56.9 Å². The standard InChI is InChI=1S/C28H27FN4O4S/c1-16-25(17(2)37-32-16)19-14-23-26(30-15-19)21-8-9-24(38(3,34)35)31-28(21)33(23)27(18-10-12-36-13-11-18)20-6-4-5-7-22(20)29/h4-9,14-15,18,27H,10-13H2,1-3H3/t27-/m0/s1. The van der Waals surface area contributed by atoms with Gasteiger partial charge in [-0.15, -0.1) is 0 Å². The van der Waals surface area contributed by atoms with E-state index in [-0.39, 0.29) is 16.8 Å². The van der Waals surface area contributed by atoms with Crippen molar-refractivity contribution in [2.45, 2.75) is 37.8 Å². The molecule has 0 saturated carbocycles. The largest absolute Gasteiger partial charge is 0.381 e. The van der Waals surface area contributed by atoms with Crippen molar-refractivity contribution in [3.8, 4) is 11.1 Å². The molecule has 10 heteroatoms. The van der Waals surface area contributed by atoms with Gasteiger partial charge in [0.15, 0.2) is 14.9 Å². The highest BCUT2D eigenvalue weighted by Gasteiger charge is 2.33. The Labute approximate surface area is 219 Å². The van der Waals surface area contributed by atoms with Crippen molar-refractivity contribution in [2.75, 3.05) is 19.5 Å². The lowest BCUT2D eigenvalue weighted by Crippen LogP contribution is -2.27. The molecular weight excluding hydrogens is 507 g/mol. The molecule has 0 unspecified atom stereocenters. The molecule has 0 aliphatic carbocycles. The fourth-order valence-corrected chi connectivity index (χ4v) is 6.20. The lowest BCUT2D eigenvalue weighted by molar-refractivity contribution is 0.0547. The van der Waals surface area contributed by atoms with Gasteiger partial charge in [0.25, 0.3) is 0 Å². The van der Waals surface area contributed by atoms with Crippen molar-refractivity contribution < 1.29 is 22.1 Å². The third-order valence-corrected chi connectivity index (χ3v) is 8.36. The molecule has 8 nitrogen and oxygen atoms in total. The van der Waals surface area contributed by atoms with Crippen molar-refractivity contribution >= 4 is 31.9 Å². The molecule has 1 atom stereocenters. The number of hydrogen-bond donors (Lipinski definition) is 0. The summed E-state index contributed by atoms with van der Waals surface area (Å²) >= 11 is 0. The van der Waals surface area contributed by atoms with Gasteiger partial charge in [0, 0.05) is 47.7 Å². The summed E-state index contributed by atoms with van der Waals surface area (Å²) < 4.78 is 53.5. The van der Waals surface area contributed by atoms with E-state index in [9.17, 15) is 8.42 Å². The summed E-state index contributed by atoms with van der Waals surface area (Å²) in [6.07, 6.45) is 4.34. The highest BCUT2D eigenvalue weighted by Crippen LogP contribution is 2.42. The SMILES string of the molecule is Cc1noc(C)c1-c1cnc2c3ccc(S(C)(=O)=O)nc3n([C@H](c3ccccc3F)C3CCOCC3)c2c1. The molecule has 5 heterocycles. The van der Waals surface area contributed by atoms with Crippen LogP contribution in [0.1, 0.15) is 35.9 Å². The summed E-state index contributed by atoms with van der Waals surface area (Å²) in [5.41, 5.74) is 4.75. The zero-order chi connectivity index (χ0) is 26.6. The molecule has 1 aliphatic rings. The maximum atomic E-state index is 15.5. The molecule has 6 rings (SSSR count). The predicted molar refractivity (Wildman–Crippen MR) is 141 cm³/mol. The number of hydrogen-bond acceptors (Lipinski definition) is 7. The Balaban J connectivity index is 1.72. The second kappa shape index (κ2) is 9.28. The first-order chi connectivity index (χ1) is 18.2. The minimum Gasteiger partial charge on any atom is -0.381 e. The number of ether oxygens (including phenoxy) is 1. The second-order valence-corrected chi connectivity index (χ2v) is 11.8. The first-order valence-corrected chi connectivity index (χ1v) is 14.4. The first kappa shape index (κ1) is 24.7. The molecule has 1 aliphatic heterocycles. The quantitative estimate of drug-likeness (QED) is 0.297. The number of nitrogens with zero attached hydrogens (tertiary/aromatic N) is 4. The van der Waals surface area contributed by atoms with Crippen LogP contribution in [0.3, 0.4) is 0 Å². The van der Waals surface area contributed by atoms with Crippen molar-refractivity contribution in [1.82, 2.24) is 19.7 Å². The molecule has 38 heavy (non-hydrogen) atoms. The van der Waals surface area contributed by atoms with Crippen molar-refractivity contribution in [3.05, 3.63) is 71.5 Å². The highest BCUT2D eigenvalue weighted by atomic mass is 32.2. The van der Waals surface area contributed by atoms with E-state index in [4.69, 9.17) is 14.2 Å². The van der Waals surface area contributed by atoms with E-state index in [1.807, 2.05) is 30.5 Å². The topological polar surface area (TPSA) is 100 Å². The smallest absolute Gasteiger partial charge is 0.192 e. The van der Waals surface area contributed by atoms with Crippen LogP contribution in [-0.4, -0.2) is 47.6 Å². The maximum absolute atomic E-state index is 15.5. The number of benzene rings is 1. The molecule has 4 aromatic heterocycles. The number of aromatic nitrogens is 4. The molecule has 0 spiro atoms. The zero-order valence-corrected chi connectivity index (χ0v) is 22.1. The molecule has 0 radical (unpaired) electrons. The molecular formula is C28H27FN4O4S. The minimum atomic E-state index is -3.59. The normalized spacial score (nSPS) is 15.9. The van der Waals surface area contributed by atoms with Gasteiger partial charge in [-0.2, -0.15) is 0 Å². The Morgan fingerprint density at radius 2 is 1.87 bits per heavy atom. The van der Waals surface area contributed by atoms with Gasteiger partial charge in [-0.25, -0.2) is 17.8 Å². The predicted octanol–water partition coefficient (Wildman–Crippen LogP) is 5.41. The second-order valence-electron chi connectivity index (χ2n) is 9.87. The van der Waals surface area contributed by atoms with Crippen LogP contribution in [-0.2, 0) is 14.6 Å². The van der Waals surface area contributed by atoms with E-state index in [0.717, 1.165) is 41.4 Å². The number of halogens is 1. The van der Waals surface area contributed by atoms with Crippen LogP contribution in [0.2, 0.25) is 0 Å². The Bertz CT molecular complexity index is 1770. The first-order valence-electron chi connectivity index (χ1n) is 12.5. The third kappa shape index (κ3) is 4.08. The summed E-state index contributed by atoms with van der Waals surface area (Å²) in [5, 5.41) is 4.75. The Morgan fingerprint density at radius 1 is 1.11 bits per heavy atom. The van der Waals surface area contributed by atoms with Crippen LogP contribution in [0, 0.1) is 25.6 Å². The third-order valence-electron chi connectivity index (χ3n) is 7.38. The van der Waals surface area contributed by atoms with Gasteiger partial charge in [0.05, 0.1) is 22.8 Å². The van der Waals surface area contributed by atoms with E-state index in [1.165, 1.54) is 12.1 Å². The van der Waals surface area contributed by atoms with E-state index < -0.39 is 15.9 Å². The van der Waals surface area contributed by atoms with E-state index in [1.54, 1.807) is 24.4 Å². The number of pyridine rings is 2. The summed E-state index contributed by atoms with van der Waals surface area (Å²) in [6.45, 7) is 4.85. The van der Waals surface area contributed by atoms with Crippen molar-refractivity contribution in [2.24, 2.45) is 5.92 Å². The number of sulfone groups is 1. The number of rotatable bonds is 5. The van der Waals surface area contributed by atoms with Crippen molar-refractivity contribution in [3.63, 3.8) is 0 Å². The van der Waals surface area contributed by atoms with Crippen LogP contribution in [0.25, 0.3) is 33.2 Å². The lowest BCUT2D eigenvalue weighted by atomic mass is 9.86. The molecule has 5 aromatic rings. The fourth-order valence-electron chi connectivity index (χ4n) is 5.63. The molecule has 1 fully saturated rings. The lowest BCUT2D eigenvalue weighted by Gasteiger charge is -2.33. The molecule has 196 valence electrons. The molecule has 0 amide bonds. The van der Waals surface area contributed by atoms with Crippen LogP contribution in [0.15, 0.2) is 58.2 Å². The van der Waals surface area contributed by atoms with Gasteiger partial charge in [-0.1, -0.05) is 23.4 Å². The average Bonchev–Trinajstić information content (AvgIpc) is 3.41. The maximum Gasteiger partial charge on any atom is 0.192 e. The molecule has 1 saturated heterocycles. The van der Waals surface area contributed by atoms with Crippen molar-refractivity contribution in [1.29, 1.82) is 0 Å². The van der Waals surface area contributed by atoms with Gasteiger partial charge in [-0.3, -0.25) is 4.98 Å². The Kier molecular flexibility index (Phi) is 6.03. The van der Waals surface area contributed by atoms with E-state index >= 15 is 4.39 Å². The fraction of sp³-hybridized carbons (Fsp3) is 0.321. The number of aryl methyl sites for hydroxylation is 2. The Morgan fingerprint density at radius 3 is 2.55 bits per heavy atom. The monoisotopic (exact) mass is 534 g/mol. The van der Waals surface area contributed by atoms with Crippen LogP contribution >= 0.6 is 0 Å². The molecule has 0 bridgehead atoms.